The molecule has 0 aliphatic heterocycles. The van der Waals surface area contributed by atoms with E-state index in [1.54, 1.807) is 6.26 Å². The van der Waals surface area contributed by atoms with E-state index < -0.39 is 0 Å². The molecule has 0 saturated heterocycles. The van der Waals surface area contributed by atoms with Crippen LogP contribution in [0, 0.1) is 0 Å². The molecule has 1 aromatic rings. The molecule has 0 saturated carbocycles. The van der Waals surface area contributed by atoms with Crippen molar-refractivity contribution >= 4 is 0 Å². The molecule has 0 atom stereocenters. The third kappa shape index (κ3) is 3.19. The zero-order chi connectivity index (χ0) is 11.8. The molecule has 0 aliphatic rings. The van der Waals surface area contributed by atoms with Gasteiger partial charge in [-0.05, 0) is 32.9 Å². The molecule has 0 amide bonds. The number of ether oxygens (including phenoxy) is 3. The number of allylic oxidation sites excluding steroid dienone is 1. The summed E-state index contributed by atoms with van der Waals surface area (Å²) >= 11 is 0. The van der Waals surface area contributed by atoms with Crippen molar-refractivity contribution in [2.75, 3.05) is 13.2 Å². The molecule has 3 nitrogen and oxygen atoms in total. The van der Waals surface area contributed by atoms with E-state index in [-0.39, 0.29) is 0 Å². The van der Waals surface area contributed by atoms with Crippen LogP contribution in [0.4, 0.5) is 0 Å². The molecule has 0 aromatic heterocycles. The van der Waals surface area contributed by atoms with E-state index in [1.807, 2.05) is 45.0 Å². The normalized spacial score (nSPS) is 10.4. The molecule has 1 rings (SSSR count). The van der Waals surface area contributed by atoms with E-state index in [1.165, 1.54) is 0 Å². The van der Waals surface area contributed by atoms with Gasteiger partial charge >= 0.3 is 0 Å². The molecule has 0 heterocycles. The van der Waals surface area contributed by atoms with Crippen LogP contribution in [0.25, 0.3) is 0 Å². The molecule has 0 N–H and O–H groups in total. The fourth-order valence-electron chi connectivity index (χ4n) is 1.29. The van der Waals surface area contributed by atoms with Gasteiger partial charge in [0, 0.05) is 0 Å². The van der Waals surface area contributed by atoms with Crippen molar-refractivity contribution in [1.82, 2.24) is 0 Å². The van der Waals surface area contributed by atoms with Gasteiger partial charge in [0.1, 0.15) is 0 Å². The molecular weight excluding hydrogens is 204 g/mol. The van der Waals surface area contributed by atoms with Gasteiger partial charge in [-0.3, -0.25) is 0 Å². The summed E-state index contributed by atoms with van der Waals surface area (Å²) in [6.07, 6.45) is 3.44. The highest BCUT2D eigenvalue weighted by Gasteiger charge is 2.10. The Kier molecular flexibility index (Phi) is 5.26. The molecule has 1 aromatic carbocycles. The lowest BCUT2D eigenvalue weighted by molar-refractivity contribution is 0.277. The summed E-state index contributed by atoms with van der Waals surface area (Å²) in [5.74, 6) is 2.04. The lowest BCUT2D eigenvalue weighted by atomic mass is 10.3. The average Bonchev–Trinajstić information content (AvgIpc) is 2.30. The molecule has 88 valence electrons. The first-order chi connectivity index (χ1) is 7.83. The fraction of sp³-hybridized carbons (Fsp3) is 0.385. The first-order valence-corrected chi connectivity index (χ1v) is 5.49. The van der Waals surface area contributed by atoms with Crippen molar-refractivity contribution in [1.29, 1.82) is 0 Å². The maximum Gasteiger partial charge on any atom is 0.204 e. The first kappa shape index (κ1) is 12.4. The predicted octanol–water partition coefficient (Wildman–Crippen LogP) is 3.40. The lowest BCUT2D eigenvalue weighted by Gasteiger charge is -2.13. The van der Waals surface area contributed by atoms with Gasteiger partial charge in [-0.15, -0.1) is 0 Å². The van der Waals surface area contributed by atoms with E-state index in [0.717, 1.165) is 0 Å². The van der Waals surface area contributed by atoms with Crippen molar-refractivity contribution in [3.8, 4) is 17.2 Å². The lowest BCUT2D eigenvalue weighted by Crippen LogP contribution is -2.00. The van der Waals surface area contributed by atoms with Crippen LogP contribution in [-0.2, 0) is 0 Å². The van der Waals surface area contributed by atoms with Crippen LogP contribution in [0.15, 0.2) is 30.5 Å². The Hall–Kier alpha value is -1.64. The molecule has 3 heteroatoms. The van der Waals surface area contributed by atoms with Crippen LogP contribution in [0.2, 0.25) is 0 Å². The Balaban J connectivity index is 2.99. The summed E-state index contributed by atoms with van der Waals surface area (Å²) < 4.78 is 16.5. The van der Waals surface area contributed by atoms with Gasteiger partial charge < -0.3 is 14.2 Å². The summed E-state index contributed by atoms with van der Waals surface area (Å²) in [6.45, 7) is 6.95. The third-order valence-corrected chi connectivity index (χ3v) is 1.86. The number of benzene rings is 1. The minimum atomic E-state index is 0.580. The Morgan fingerprint density at radius 2 is 1.75 bits per heavy atom. The first-order valence-electron chi connectivity index (χ1n) is 5.49. The second kappa shape index (κ2) is 6.77. The second-order valence-corrected chi connectivity index (χ2v) is 3.04. The Morgan fingerprint density at radius 1 is 1.06 bits per heavy atom. The SMILES string of the molecule is CC=COc1cccc(OCC)c1OCC. The van der Waals surface area contributed by atoms with Crippen molar-refractivity contribution in [2.45, 2.75) is 20.8 Å². The van der Waals surface area contributed by atoms with Gasteiger partial charge in [-0.1, -0.05) is 12.1 Å². The third-order valence-electron chi connectivity index (χ3n) is 1.86. The summed E-state index contributed by atoms with van der Waals surface area (Å²) in [5.41, 5.74) is 0. The number of rotatable bonds is 6. The average molecular weight is 222 g/mol. The van der Waals surface area contributed by atoms with E-state index in [2.05, 4.69) is 0 Å². The minimum Gasteiger partial charge on any atom is -0.490 e. The predicted molar refractivity (Wildman–Crippen MR) is 64.2 cm³/mol. The van der Waals surface area contributed by atoms with Crippen molar-refractivity contribution < 1.29 is 14.2 Å². The number of hydrogen-bond donors (Lipinski definition) is 0. The smallest absolute Gasteiger partial charge is 0.204 e. The van der Waals surface area contributed by atoms with Crippen LogP contribution in [0.5, 0.6) is 17.2 Å². The second-order valence-electron chi connectivity index (χ2n) is 3.04. The van der Waals surface area contributed by atoms with Crippen LogP contribution in [0.1, 0.15) is 20.8 Å². The monoisotopic (exact) mass is 222 g/mol. The van der Waals surface area contributed by atoms with E-state index in [9.17, 15) is 0 Å². The minimum absolute atomic E-state index is 0.580. The molecule has 0 spiro atoms. The van der Waals surface area contributed by atoms with Crippen LogP contribution in [-0.4, -0.2) is 13.2 Å². The summed E-state index contributed by atoms with van der Waals surface area (Å²) in [6, 6.07) is 5.61. The quantitative estimate of drug-likeness (QED) is 0.690. The Morgan fingerprint density at radius 3 is 2.38 bits per heavy atom. The van der Waals surface area contributed by atoms with E-state index >= 15 is 0 Å². The zero-order valence-electron chi connectivity index (χ0n) is 10.0. The molecule has 0 radical (unpaired) electrons. The molecule has 0 unspecified atom stereocenters. The van der Waals surface area contributed by atoms with Crippen LogP contribution >= 0.6 is 0 Å². The Bertz CT molecular complexity index is 345. The fourth-order valence-corrected chi connectivity index (χ4v) is 1.29. The highest BCUT2D eigenvalue weighted by atomic mass is 16.5. The highest BCUT2D eigenvalue weighted by molar-refractivity contribution is 5.51. The summed E-state index contributed by atoms with van der Waals surface area (Å²) in [4.78, 5) is 0. The molecule has 0 fully saturated rings. The van der Waals surface area contributed by atoms with Gasteiger partial charge in [-0.2, -0.15) is 0 Å². The summed E-state index contributed by atoms with van der Waals surface area (Å²) in [5, 5.41) is 0. The largest absolute Gasteiger partial charge is 0.490 e. The van der Waals surface area contributed by atoms with Gasteiger partial charge in [-0.25, -0.2) is 0 Å². The maximum absolute atomic E-state index is 5.53. The van der Waals surface area contributed by atoms with Crippen molar-refractivity contribution in [3.05, 3.63) is 30.5 Å². The molecule has 16 heavy (non-hydrogen) atoms. The van der Waals surface area contributed by atoms with Crippen molar-refractivity contribution in [3.63, 3.8) is 0 Å². The molecule has 0 bridgehead atoms. The van der Waals surface area contributed by atoms with Gasteiger partial charge in [0.15, 0.2) is 11.5 Å². The summed E-state index contributed by atoms with van der Waals surface area (Å²) in [7, 11) is 0. The van der Waals surface area contributed by atoms with E-state index in [4.69, 9.17) is 14.2 Å². The van der Waals surface area contributed by atoms with Crippen molar-refractivity contribution in [2.24, 2.45) is 0 Å². The Labute approximate surface area is 96.6 Å². The van der Waals surface area contributed by atoms with Crippen LogP contribution in [0.3, 0.4) is 0 Å². The maximum atomic E-state index is 5.53. The van der Waals surface area contributed by atoms with Gasteiger partial charge in [0.25, 0.3) is 0 Å². The molecule has 0 aliphatic carbocycles. The number of hydrogen-bond acceptors (Lipinski definition) is 3. The van der Waals surface area contributed by atoms with E-state index in [0.29, 0.717) is 30.5 Å². The van der Waals surface area contributed by atoms with Gasteiger partial charge in [0.2, 0.25) is 5.75 Å². The highest BCUT2D eigenvalue weighted by Crippen LogP contribution is 2.37. The topological polar surface area (TPSA) is 27.7 Å². The molecular formula is C13H18O3. The number of para-hydroxylation sites is 1. The zero-order valence-corrected chi connectivity index (χ0v) is 10.0. The standard InChI is InChI=1S/C13H18O3/c1-4-10-16-12-9-7-8-11(14-5-2)13(12)15-6-3/h4,7-10H,5-6H2,1-3H3. The van der Waals surface area contributed by atoms with Crippen LogP contribution < -0.4 is 14.2 Å². The van der Waals surface area contributed by atoms with Gasteiger partial charge in [0.05, 0.1) is 19.5 Å².